The predicted octanol–water partition coefficient (Wildman–Crippen LogP) is 4.31. The van der Waals surface area contributed by atoms with Crippen molar-refractivity contribution in [2.75, 3.05) is 20.0 Å². The highest BCUT2D eigenvalue weighted by atomic mass is 16.5. The topological polar surface area (TPSA) is 87.0 Å². The van der Waals surface area contributed by atoms with E-state index in [2.05, 4.69) is 30.3 Å². The minimum atomic E-state index is -0.139. The minimum Gasteiger partial charge on any atom is -0.493 e. The van der Waals surface area contributed by atoms with Crippen LogP contribution in [0.4, 0.5) is 5.82 Å². The molecule has 156 valence electrons. The van der Waals surface area contributed by atoms with Gasteiger partial charge >= 0.3 is 0 Å². The van der Waals surface area contributed by atoms with Crippen molar-refractivity contribution in [3.63, 3.8) is 0 Å². The number of benzene rings is 1. The van der Waals surface area contributed by atoms with Gasteiger partial charge in [-0.25, -0.2) is 4.98 Å². The van der Waals surface area contributed by atoms with Crippen molar-refractivity contribution in [3.8, 4) is 22.8 Å². The van der Waals surface area contributed by atoms with Gasteiger partial charge in [0.05, 0.1) is 31.8 Å². The maximum atomic E-state index is 6.33. The minimum absolute atomic E-state index is 0.139. The van der Waals surface area contributed by atoms with Gasteiger partial charge in [0.25, 0.3) is 0 Å². The first-order valence-corrected chi connectivity index (χ1v) is 10.0. The van der Waals surface area contributed by atoms with Crippen molar-refractivity contribution in [1.82, 2.24) is 14.6 Å². The van der Waals surface area contributed by atoms with Gasteiger partial charge in [-0.05, 0) is 36.3 Å². The first kappa shape index (κ1) is 19.1. The summed E-state index contributed by atoms with van der Waals surface area (Å²) < 4.78 is 12.5. The van der Waals surface area contributed by atoms with E-state index in [4.69, 9.17) is 25.2 Å². The van der Waals surface area contributed by atoms with Crippen molar-refractivity contribution in [2.24, 2.45) is 10.4 Å². The van der Waals surface area contributed by atoms with Crippen LogP contribution in [-0.4, -0.2) is 34.5 Å². The van der Waals surface area contributed by atoms with E-state index in [-0.39, 0.29) is 5.41 Å². The van der Waals surface area contributed by atoms with Crippen molar-refractivity contribution >= 4 is 22.7 Å². The van der Waals surface area contributed by atoms with Crippen LogP contribution in [0.1, 0.15) is 18.9 Å². The van der Waals surface area contributed by atoms with Gasteiger partial charge in [0, 0.05) is 28.8 Å². The van der Waals surface area contributed by atoms with Crippen LogP contribution in [0.25, 0.3) is 22.5 Å². The Morgan fingerprint density at radius 1 is 1.10 bits per heavy atom. The number of hydrogen-bond donors (Lipinski definition) is 1. The largest absolute Gasteiger partial charge is 0.493 e. The van der Waals surface area contributed by atoms with E-state index < -0.39 is 0 Å². The number of hydrogen-bond acceptors (Lipinski definition) is 6. The summed E-state index contributed by atoms with van der Waals surface area (Å²) in [4.78, 5) is 9.60. The van der Waals surface area contributed by atoms with Gasteiger partial charge in [0.15, 0.2) is 17.1 Å². The van der Waals surface area contributed by atoms with E-state index in [1.54, 1.807) is 18.7 Å². The highest BCUT2D eigenvalue weighted by Gasteiger charge is 2.32. The molecule has 0 bridgehead atoms. The number of fused-ring (bicyclic) bond motifs is 2. The molecule has 0 amide bonds. The van der Waals surface area contributed by atoms with Gasteiger partial charge in [-0.1, -0.05) is 25.2 Å². The highest BCUT2D eigenvalue weighted by Crippen LogP contribution is 2.40. The van der Waals surface area contributed by atoms with E-state index in [0.29, 0.717) is 23.0 Å². The summed E-state index contributed by atoms with van der Waals surface area (Å²) in [5.74, 6) is 1.80. The lowest BCUT2D eigenvalue weighted by atomic mass is 9.74. The fraction of sp³-hybridized carbons (Fsp3) is 0.208. The smallest absolute Gasteiger partial charge is 0.165 e. The van der Waals surface area contributed by atoms with Gasteiger partial charge in [0.2, 0.25) is 0 Å². The zero-order valence-corrected chi connectivity index (χ0v) is 17.7. The maximum absolute atomic E-state index is 6.33. The lowest BCUT2D eigenvalue weighted by Gasteiger charge is -2.31. The zero-order valence-electron chi connectivity index (χ0n) is 17.7. The number of aliphatic imine (C=N–C) groups is 1. The molecule has 2 aromatic heterocycles. The van der Waals surface area contributed by atoms with Crippen LogP contribution in [0.2, 0.25) is 0 Å². The molecule has 0 radical (unpaired) electrons. The number of rotatable bonds is 4. The molecule has 7 heteroatoms. The molecule has 31 heavy (non-hydrogen) atoms. The third-order valence-corrected chi connectivity index (χ3v) is 5.86. The monoisotopic (exact) mass is 413 g/mol. The molecule has 0 fully saturated rings. The molecular formula is C24H23N5O2. The molecule has 2 aliphatic rings. The Hall–Kier alpha value is -3.87. The molecule has 3 heterocycles. The lowest BCUT2D eigenvalue weighted by Crippen LogP contribution is -2.28. The summed E-state index contributed by atoms with van der Waals surface area (Å²) in [6.45, 7) is 2.20. The molecule has 3 aromatic rings. The number of aromatic nitrogens is 3. The van der Waals surface area contributed by atoms with Gasteiger partial charge in [0.1, 0.15) is 5.82 Å². The fourth-order valence-electron chi connectivity index (χ4n) is 4.14. The number of anilines is 1. The normalized spacial score (nSPS) is 19.7. The van der Waals surface area contributed by atoms with Gasteiger partial charge in [-0.2, -0.15) is 9.61 Å². The van der Waals surface area contributed by atoms with Crippen LogP contribution >= 0.6 is 0 Å². The molecule has 7 nitrogen and oxygen atoms in total. The molecule has 0 spiro atoms. The molecular weight excluding hydrogens is 390 g/mol. The lowest BCUT2D eigenvalue weighted by molar-refractivity contribution is 0.355. The van der Waals surface area contributed by atoms with Crippen molar-refractivity contribution in [3.05, 3.63) is 66.5 Å². The van der Waals surface area contributed by atoms with E-state index in [9.17, 15) is 0 Å². The van der Waals surface area contributed by atoms with E-state index in [0.717, 1.165) is 34.5 Å². The molecule has 1 aromatic carbocycles. The summed E-state index contributed by atoms with van der Waals surface area (Å²) in [6, 6.07) is 7.50. The molecule has 0 saturated heterocycles. The molecule has 1 aliphatic heterocycles. The Morgan fingerprint density at radius 2 is 1.94 bits per heavy atom. The summed E-state index contributed by atoms with van der Waals surface area (Å²) in [7, 11) is 3.23. The van der Waals surface area contributed by atoms with Gasteiger partial charge in [-0.15, -0.1) is 0 Å². The second-order valence-electron chi connectivity index (χ2n) is 7.91. The number of nitrogens with two attached hydrogens (primary N) is 1. The number of methoxy groups -OCH3 is 2. The fourth-order valence-corrected chi connectivity index (χ4v) is 4.14. The van der Waals surface area contributed by atoms with Crippen LogP contribution in [-0.2, 0) is 0 Å². The van der Waals surface area contributed by atoms with Gasteiger partial charge < -0.3 is 15.2 Å². The number of nitrogens with zero attached hydrogens (tertiary/aromatic N) is 4. The quantitative estimate of drug-likeness (QED) is 0.689. The van der Waals surface area contributed by atoms with E-state index in [1.807, 2.05) is 42.7 Å². The second-order valence-corrected chi connectivity index (χ2v) is 7.91. The predicted molar refractivity (Wildman–Crippen MR) is 122 cm³/mol. The van der Waals surface area contributed by atoms with Crippen molar-refractivity contribution in [2.45, 2.75) is 13.3 Å². The molecule has 0 saturated carbocycles. The first-order valence-electron chi connectivity index (χ1n) is 10.0. The van der Waals surface area contributed by atoms with E-state index >= 15 is 0 Å². The Balaban J connectivity index is 1.62. The number of nitrogen functional groups attached to an aromatic ring is 1. The van der Waals surface area contributed by atoms with E-state index in [1.165, 1.54) is 0 Å². The van der Waals surface area contributed by atoms with Crippen LogP contribution in [0.5, 0.6) is 11.5 Å². The number of ether oxygens (including phenoxy) is 2. The maximum Gasteiger partial charge on any atom is 0.165 e. The van der Waals surface area contributed by atoms with Crippen LogP contribution in [0.3, 0.4) is 0 Å². The van der Waals surface area contributed by atoms with Crippen LogP contribution in [0, 0.1) is 5.41 Å². The Kier molecular flexibility index (Phi) is 4.39. The van der Waals surface area contributed by atoms with Crippen molar-refractivity contribution in [1.29, 1.82) is 0 Å². The Labute approximate surface area is 180 Å². The molecule has 1 aliphatic carbocycles. The molecule has 5 rings (SSSR count). The summed E-state index contributed by atoms with van der Waals surface area (Å²) >= 11 is 0. The molecule has 1 unspecified atom stereocenters. The average Bonchev–Trinajstić information content (AvgIpc) is 3.22. The average molecular weight is 413 g/mol. The van der Waals surface area contributed by atoms with Crippen LogP contribution in [0.15, 0.2) is 66.0 Å². The summed E-state index contributed by atoms with van der Waals surface area (Å²) in [5, 5.41) is 4.48. The van der Waals surface area contributed by atoms with Gasteiger partial charge in [-0.3, -0.25) is 4.99 Å². The zero-order chi connectivity index (χ0) is 21.6. The molecule has 1 atom stereocenters. The summed E-state index contributed by atoms with van der Waals surface area (Å²) in [6.07, 6.45) is 12.9. The third-order valence-electron chi connectivity index (χ3n) is 5.86. The molecule has 2 N–H and O–H groups in total. The SMILES string of the molecule is COc1ccc(-c2cc(N)n3ncc(C4=CN=C5C=CC=CC5(C)C4)c3n2)cc1OC. The number of allylic oxidation sites excluding steroid dienone is 5. The first-order chi connectivity index (χ1) is 15.0. The Morgan fingerprint density at radius 3 is 2.74 bits per heavy atom. The third kappa shape index (κ3) is 3.09. The van der Waals surface area contributed by atoms with Crippen LogP contribution < -0.4 is 15.2 Å². The van der Waals surface area contributed by atoms with Crippen molar-refractivity contribution < 1.29 is 9.47 Å². The highest BCUT2D eigenvalue weighted by molar-refractivity contribution is 6.05. The standard InChI is InChI=1S/C24H23N5O2/c1-24-9-5-4-6-21(24)26-13-16(12-24)17-14-27-29-22(25)11-18(28-23(17)29)15-7-8-19(30-2)20(10-15)31-3/h4-11,13-14H,12,25H2,1-3H3. The summed E-state index contributed by atoms with van der Waals surface area (Å²) in [5.41, 5.74) is 11.6. The Bertz CT molecular complexity index is 1310. The second kappa shape index (κ2) is 7.12.